The predicted molar refractivity (Wildman–Crippen MR) is 86.0 cm³/mol. The molecule has 2 nitrogen and oxygen atoms in total. The molecule has 0 spiro atoms. The maximum absolute atomic E-state index is 12.1. The summed E-state index contributed by atoms with van der Waals surface area (Å²) >= 11 is 3.49. The van der Waals surface area contributed by atoms with Gasteiger partial charge in [-0.25, -0.2) is 0 Å². The van der Waals surface area contributed by atoms with E-state index in [0.717, 1.165) is 11.9 Å². The van der Waals surface area contributed by atoms with Crippen molar-refractivity contribution in [3.05, 3.63) is 48.0 Å². The molecule has 1 amide bonds. The summed E-state index contributed by atoms with van der Waals surface area (Å²) in [4.78, 5) is 14.1. The molecular formula is C17H18BrNO. The van der Waals surface area contributed by atoms with Crippen LogP contribution in [0.1, 0.15) is 24.9 Å². The minimum Gasteiger partial charge on any atom is -0.336 e. The highest BCUT2D eigenvalue weighted by molar-refractivity contribution is 9.09. The highest BCUT2D eigenvalue weighted by Crippen LogP contribution is 2.30. The van der Waals surface area contributed by atoms with Crippen LogP contribution in [-0.4, -0.2) is 22.7 Å². The Morgan fingerprint density at radius 2 is 2.00 bits per heavy atom. The molecule has 0 bridgehead atoms. The topological polar surface area (TPSA) is 20.3 Å². The minimum atomic E-state index is 0.149. The van der Waals surface area contributed by atoms with Crippen LogP contribution in [0.25, 0.3) is 10.8 Å². The van der Waals surface area contributed by atoms with Crippen molar-refractivity contribution in [3.8, 4) is 0 Å². The monoisotopic (exact) mass is 331 g/mol. The van der Waals surface area contributed by atoms with Crippen molar-refractivity contribution in [2.24, 2.45) is 5.92 Å². The number of nitrogens with zero attached hydrogens (tertiary/aromatic N) is 1. The van der Waals surface area contributed by atoms with Gasteiger partial charge in [0.05, 0.1) is 6.04 Å². The summed E-state index contributed by atoms with van der Waals surface area (Å²) in [6, 6.07) is 15.0. The fourth-order valence-corrected chi connectivity index (χ4v) is 3.37. The van der Waals surface area contributed by atoms with Crippen molar-refractivity contribution in [2.75, 3.05) is 11.9 Å². The van der Waals surface area contributed by atoms with Crippen molar-refractivity contribution >= 4 is 32.6 Å². The quantitative estimate of drug-likeness (QED) is 0.774. The molecule has 1 aliphatic heterocycles. The summed E-state index contributed by atoms with van der Waals surface area (Å²) in [5, 5.41) is 3.38. The molecule has 3 rings (SSSR count). The van der Waals surface area contributed by atoms with Gasteiger partial charge in [0.1, 0.15) is 0 Å². The average molecular weight is 332 g/mol. The molecule has 2 atom stereocenters. The first-order valence-electron chi connectivity index (χ1n) is 7.03. The number of halogens is 1. The van der Waals surface area contributed by atoms with Gasteiger partial charge in [-0.05, 0) is 35.2 Å². The number of carbonyl (C=O) groups is 1. The molecule has 0 aliphatic carbocycles. The Balaban J connectivity index is 1.88. The molecule has 1 fully saturated rings. The molecule has 20 heavy (non-hydrogen) atoms. The number of hydrogen-bond acceptors (Lipinski definition) is 1. The lowest BCUT2D eigenvalue weighted by molar-refractivity contribution is -0.129. The second-order valence-electron chi connectivity index (χ2n) is 5.55. The lowest BCUT2D eigenvalue weighted by atomic mass is 10.0. The van der Waals surface area contributed by atoms with E-state index < -0.39 is 0 Å². The van der Waals surface area contributed by atoms with E-state index in [1.807, 2.05) is 4.90 Å². The maximum Gasteiger partial charge on any atom is 0.223 e. The summed E-state index contributed by atoms with van der Waals surface area (Å²) in [5.41, 5.74) is 1.22. The van der Waals surface area contributed by atoms with E-state index in [0.29, 0.717) is 12.3 Å². The Bertz CT molecular complexity index is 640. The van der Waals surface area contributed by atoms with E-state index in [9.17, 15) is 4.79 Å². The number of carbonyl (C=O) groups excluding carboxylic acids is 1. The summed E-state index contributed by atoms with van der Waals surface area (Å²) in [6.45, 7) is 2.98. The highest BCUT2D eigenvalue weighted by Gasteiger charge is 2.32. The van der Waals surface area contributed by atoms with Gasteiger partial charge in [-0.3, -0.25) is 4.79 Å². The van der Waals surface area contributed by atoms with Gasteiger partial charge in [0.15, 0.2) is 0 Å². The second kappa shape index (κ2) is 5.57. The van der Waals surface area contributed by atoms with Gasteiger partial charge in [0.2, 0.25) is 5.91 Å². The first kappa shape index (κ1) is 13.6. The molecule has 0 saturated carbocycles. The average Bonchev–Trinajstić information content (AvgIpc) is 2.87. The first-order valence-corrected chi connectivity index (χ1v) is 8.15. The van der Waals surface area contributed by atoms with Crippen LogP contribution in [-0.2, 0) is 4.79 Å². The van der Waals surface area contributed by atoms with Gasteiger partial charge in [-0.15, -0.1) is 0 Å². The standard InChI is InChI=1S/C17H18BrNO/c1-12(19-11-13(10-18)8-17(19)20)15-7-6-14-4-2-3-5-16(14)9-15/h2-7,9,12-13H,8,10-11H2,1H3. The fourth-order valence-electron chi connectivity index (χ4n) is 2.93. The fraction of sp³-hybridized carbons (Fsp3) is 0.353. The third-order valence-corrected chi connectivity index (χ3v) is 5.10. The van der Waals surface area contributed by atoms with Crippen molar-refractivity contribution in [1.29, 1.82) is 0 Å². The Kier molecular flexibility index (Phi) is 3.79. The molecule has 0 N–H and O–H groups in total. The van der Waals surface area contributed by atoms with Gasteiger partial charge in [0.25, 0.3) is 0 Å². The molecule has 104 valence electrons. The molecule has 1 heterocycles. The largest absolute Gasteiger partial charge is 0.336 e. The number of hydrogen-bond donors (Lipinski definition) is 0. The zero-order chi connectivity index (χ0) is 14.1. The van der Waals surface area contributed by atoms with Crippen LogP contribution < -0.4 is 0 Å². The van der Waals surface area contributed by atoms with Gasteiger partial charge in [-0.2, -0.15) is 0 Å². The molecule has 2 aromatic rings. The SMILES string of the molecule is CC(c1ccc2ccccc2c1)N1CC(CBr)CC1=O. The number of benzene rings is 2. The van der Waals surface area contributed by atoms with Crippen LogP contribution >= 0.6 is 15.9 Å². The zero-order valence-corrected chi connectivity index (χ0v) is 13.1. The summed E-state index contributed by atoms with van der Waals surface area (Å²) in [7, 11) is 0. The third-order valence-electron chi connectivity index (χ3n) is 4.18. The Morgan fingerprint density at radius 1 is 1.25 bits per heavy atom. The second-order valence-corrected chi connectivity index (χ2v) is 6.20. The van der Waals surface area contributed by atoms with Crippen molar-refractivity contribution in [2.45, 2.75) is 19.4 Å². The number of likely N-dealkylation sites (tertiary alicyclic amines) is 1. The summed E-state index contributed by atoms with van der Waals surface area (Å²) in [5.74, 6) is 0.723. The molecule has 2 unspecified atom stereocenters. The van der Waals surface area contributed by atoms with Crippen LogP contribution in [0, 0.1) is 5.92 Å². The maximum atomic E-state index is 12.1. The molecule has 1 saturated heterocycles. The van der Waals surface area contributed by atoms with Gasteiger partial charge in [-0.1, -0.05) is 52.3 Å². The van der Waals surface area contributed by atoms with Crippen LogP contribution in [0.5, 0.6) is 0 Å². The Morgan fingerprint density at radius 3 is 2.70 bits per heavy atom. The molecule has 3 heteroatoms. The highest BCUT2D eigenvalue weighted by atomic mass is 79.9. The number of rotatable bonds is 3. The lowest BCUT2D eigenvalue weighted by Crippen LogP contribution is -2.28. The van der Waals surface area contributed by atoms with E-state index in [1.165, 1.54) is 16.3 Å². The van der Waals surface area contributed by atoms with Crippen molar-refractivity contribution in [3.63, 3.8) is 0 Å². The van der Waals surface area contributed by atoms with Crippen LogP contribution in [0.2, 0.25) is 0 Å². The number of alkyl halides is 1. The van der Waals surface area contributed by atoms with Crippen LogP contribution in [0.15, 0.2) is 42.5 Å². The van der Waals surface area contributed by atoms with E-state index in [2.05, 4.69) is 65.3 Å². The zero-order valence-electron chi connectivity index (χ0n) is 11.6. The number of amides is 1. The normalized spacial score (nSPS) is 20.6. The van der Waals surface area contributed by atoms with Gasteiger partial charge < -0.3 is 4.90 Å². The molecular weight excluding hydrogens is 314 g/mol. The predicted octanol–water partition coefficient (Wildman–Crippen LogP) is 4.14. The van der Waals surface area contributed by atoms with Crippen molar-refractivity contribution in [1.82, 2.24) is 4.90 Å². The van der Waals surface area contributed by atoms with E-state index in [1.54, 1.807) is 0 Å². The van der Waals surface area contributed by atoms with Gasteiger partial charge >= 0.3 is 0 Å². The molecule has 1 aliphatic rings. The number of fused-ring (bicyclic) bond motifs is 1. The Hall–Kier alpha value is -1.35. The van der Waals surface area contributed by atoms with E-state index in [4.69, 9.17) is 0 Å². The summed E-state index contributed by atoms with van der Waals surface area (Å²) < 4.78 is 0. The van der Waals surface area contributed by atoms with Crippen LogP contribution in [0.4, 0.5) is 0 Å². The molecule has 0 aromatic heterocycles. The van der Waals surface area contributed by atoms with E-state index >= 15 is 0 Å². The van der Waals surface area contributed by atoms with Gasteiger partial charge in [0, 0.05) is 18.3 Å². The Labute approximate surface area is 127 Å². The molecule has 2 aromatic carbocycles. The first-order chi connectivity index (χ1) is 9.69. The minimum absolute atomic E-state index is 0.149. The smallest absolute Gasteiger partial charge is 0.223 e. The van der Waals surface area contributed by atoms with E-state index in [-0.39, 0.29) is 11.9 Å². The van der Waals surface area contributed by atoms with Crippen molar-refractivity contribution < 1.29 is 4.79 Å². The lowest BCUT2D eigenvalue weighted by Gasteiger charge is -2.25. The van der Waals surface area contributed by atoms with Crippen LogP contribution in [0.3, 0.4) is 0 Å². The third kappa shape index (κ3) is 2.47. The summed E-state index contributed by atoms with van der Waals surface area (Å²) in [6.07, 6.45) is 0.670. The molecule has 0 radical (unpaired) electrons.